The number of hydrogen-bond acceptors (Lipinski definition) is 2. The van der Waals surface area contributed by atoms with Gasteiger partial charge in [-0.05, 0) is 25.5 Å². The zero-order valence-corrected chi connectivity index (χ0v) is 10.7. The fraction of sp³-hybridized carbons (Fsp3) is 0.385. The Labute approximate surface area is 110 Å². The van der Waals surface area contributed by atoms with Crippen molar-refractivity contribution in [2.45, 2.75) is 19.4 Å². The Kier molecular flexibility index (Phi) is 3.57. The van der Waals surface area contributed by atoms with Gasteiger partial charge < -0.3 is 10.0 Å². The molecule has 0 spiro atoms. The van der Waals surface area contributed by atoms with Crippen LogP contribution < -0.4 is 0 Å². The van der Waals surface area contributed by atoms with E-state index in [2.05, 4.69) is 0 Å². The first-order valence-electron chi connectivity index (χ1n) is 5.80. The minimum atomic E-state index is -0.850. The van der Waals surface area contributed by atoms with Crippen molar-refractivity contribution >= 4 is 23.5 Å². The van der Waals surface area contributed by atoms with Gasteiger partial charge in [0, 0.05) is 12.6 Å². The number of likely N-dealkylation sites (tertiary alicyclic amines) is 1. The normalized spacial score (nSPS) is 23.1. The number of benzene rings is 1. The van der Waals surface area contributed by atoms with Crippen LogP contribution >= 0.6 is 11.6 Å². The molecule has 1 aliphatic rings. The van der Waals surface area contributed by atoms with Crippen molar-refractivity contribution in [2.75, 3.05) is 6.54 Å². The molecule has 4 nitrogen and oxygen atoms in total. The van der Waals surface area contributed by atoms with Gasteiger partial charge in [-0.1, -0.05) is 23.7 Å². The summed E-state index contributed by atoms with van der Waals surface area (Å²) in [6.07, 6.45) is 0.493. The van der Waals surface area contributed by atoms with Gasteiger partial charge in [-0.3, -0.25) is 9.59 Å². The smallest absolute Gasteiger partial charge is 0.308 e. The second-order valence-electron chi connectivity index (χ2n) is 4.45. The van der Waals surface area contributed by atoms with Crippen LogP contribution in [0.5, 0.6) is 0 Å². The maximum Gasteiger partial charge on any atom is 0.308 e. The molecule has 1 aromatic carbocycles. The molecule has 0 bridgehead atoms. The summed E-state index contributed by atoms with van der Waals surface area (Å²) in [7, 11) is 0. The zero-order chi connectivity index (χ0) is 13.3. The lowest BCUT2D eigenvalue weighted by Crippen LogP contribution is -2.37. The van der Waals surface area contributed by atoms with E-state index in [1.165, 1.54) is 0 Å². The highest BCUT2D eigenvalue weighted by molar-refractivity contribution is 6.33. The number of carbonyl (C=O) groups is 2. The van der Waals surface area contributed by atoms with Gasteiger partial charge in [0.05, 0.1) is 16.5 Å². The number of halogens is 1. The van der Waals surface area contributed by atoms with Crippen molar-refractivity contribution in [3.8, 4) is 0 Å². The van der Waals surface area contributed by atoms with E-state index in [1.807, 2.05) is 0 Å². The number of hydrogen-bond donors (Lipinski definition) is 1. The Morgan fingerprint density at radius 3 is 2.61 bits per heavy atom. The summed E-state index contributed by atoms with van der Waals surface area (Å²) in [5.41, 5.74) is 0.428. The Morgan fingerprint density at radius 1 is 1.39 bits per heavy atom. The van der Waals surface area contributed by atoms with Crippen molar-refractivity contribution in [3.05, 3.63) is 34.9 Å². The van der Waals surface area contributed by atoms with Crippen molar-refractivity contribution < 1.29 is 14.7 Å². The van der Waals surface area contributed by atoms with Gasteiger partial charge in [0.1, 0.15) is 0 Å². The van der Waals surface area contributed by atoms with Crippen molar-refractivity contribution in [1.82, 2.24) is 4.90 Å². The maximum atomic E-state index is 12.3. The minimum absolute atomic E-state index is 0.197. The van der Waals surface area contributed by atoms with Crippen molar-refractivity contribution in [3.63, 3.8) is 0 Å². The summed E-state index contributed by atoms with van der Waals surface area (Å²) in [5.74, 6) is -1.54. The van der Waals surface area contributed by atoms with Gasteiger partial charge in [0.25, 0.3) is 5.91 Å². The van der Waals surface area contributed by atoms with E-state index < -0.39 is 11.9 Å². The van der Waals surface area contributed by atoms with Crippen LogP contribution in [0.2, 0.25) is 5.02 Å². The largest absolute Gasteiger partial charge is 0.481 e. The second kappa shape index (κ2) is 4.98. The Hall–Kier alpha value is -1.55. The second-order valence-corrected chi connectivity index (χ2v) is 4.86. The van der Waals surface area contributed by atoms with Crippen LogP contribution in [-0.2, 0) is 4.79 Å². The van der Waals surface area contributed by atoms with Crippen LogP contribution in [0.15, 0.2) is 24.3 Å². The Balaban J connectivity index is 2.21. The molecule has 2 rings (SSSR count). The van der Waals surface area contributed by atoms with Crippen LogP contribution in [0.25, 0.3) is 0 Å². The molecule has 96 valence electrons. The molecule has 2 atom stereocenters. The van der Waals surface area contributed by atoms with Gasteiger partial charge in [-0.15, -0.1) is 0 Å². The van der Waals surface area contributed by atoms with E-state index in [0.29, 0.717) is 23.6 Å². The zero-order valence-electron chi connectivity index (χ0n) is 9.97. The van der Waals surface area contributed by atoms with E-state index in [9.17, 15) is 9.59 Å². The molecule has 1 heterocycles. The third kappa shape index (κ3) is 2.20. The molecule has 1 amide bonds. The fourth-order valence-electron chi connectivity index (χ4n) is 2.35. The molecule has 0 radical (unpaired) electrons. The first-order valence-corrected chi connectivity index (χ1v) is 6.18. The third-order valence-corrected chi connectivity index (χ3v) is 3.77. The monoisotopic (exact) mass is 267 g/mol. The van der Waals surface area contributed by atoms with E-state index in [-0.39, 0.29) is 11.9 Å². The standard InChI is InChI=1S/C13H14ClNO3/c1-8-9(13(17)18)6-7-15(8)12(16)10-4-2-3-5-11(10)14/h2-5,8-9H,6-7H2,1H3,(H,17,18). The SMILES string of the molecule is CC1C(C(=O)O)CCN1C(=O)c1ccccc1Cl. The number of aliphatic carboxylic acids is 1. The number of carboxylic acids is 1. The Morgan fingerprint density at radius 2 is 2.06 bits per heavy atom. The molecule has 0 aromatic heterocycles. The van der Waals surface area contributed by atoms with Crippen LogP contribution in [0.1, 0.15) is 23.7 Å². The summed E-state index contributed by atoms with van der Waals surface area (Å²) in [5, 5.41) is 9.44. The molecule has 1 aromatic rings. The summed E-state index contributed by atoms with van der Waals surface area (Å²) in [6, 6.07) is 6.52. The predicted octanol–water partition coefficient (Wildman–Crippen LogP) is 2.28. The molecular weight excluding hydrogens is 254 g/mol. The maximum absolute atomic E-state index is 12.3. The highest BCUT2D eigenvalue weighted by Gasteiger charge is 2.38. The molecule has 18 heavy (non-hydrogen) atoms. The first kappa shape index (κ1) is 12.9. The molecule has 0 aliphatic carbocycles. The van der Waals surface area contributed by atoms with Crippen molar-refractivity contribution in [2.24, 2.45) is 5.92 Å². The lowest BCUT2D eigenvalue weighted by atomic mass is 10.0. The number of carbonyl (C=O) groups excluding carboxylic acids is 1. The number of carboxylic acid groups (broad SMARTS) is 1. The van der Waals surface area contributed by atoms with Crippen molar-refractivity contribution in [1.29, 1.82) is 0 Å². The molecule has 2 unspecified atom stereocenters. The van der Waals surface area contributed by atoms with E-state index in [0.717, 1.165) is 0 Å². The Bertz CT molecular complexity index is 489. The quantitative estimate of drug-likeness (QED) is 0.894. The lowest BCUT2D eigenvalue weighted by Gasteiger charge is -2.23. The first-order chi connectivity index (χ1) is 8.52. The topological polar surface area (TPSA) is 57.6 Å². The molecule has 1 fully saturated rings. The van der Waals surface area contributed by atoms with Gasteiger partial charge >= 0.3 is 5.97 Å². The average molecular weight is 268 g/mol. The van der Waals surface area contributed by atoms with E-state index in [4.69, 9.17) is 16.7 Å². The summed E-state index contributed by atoms with van der Waals surface area (Å²) in [6.45, 7) is 2.22. The molecule has 1 saturated heterocycles. The third-order valence-electron chi connectivity index (χ3n) is 3.44. The van der Waals surface area contributed by atoms with Gasteiger partial charge in [-0.2, -0.15) is 0 Å². The van der Waals surface area contributed by atoms with Crippen LogP contribution in [0.4, 0.5) is 0 Å². The predicted molar refractivity (Wildman–Crippen MR) is 67.7 cm³/mol. The number of amides is 1. The van der Waals surface area contributed by atoms with Gasteiger partial charge in [0.15, 0.2) is 0 Å². The minimum Gasteiger partial charge on any atom is -0.481 e. The summed E-state index contributed by atoms with van der Waals surface area (Å²) < 4.78 is 0. The van der Waals surface area contributed by atoms with Gasteiger partial charge in [0.2, 0.25) is 0 Å². The average Bonchev–Trinajstić information content (AvgIpc) is 2.71. The molecule has 0 saturated carbocycles. The highest BCUT2D eigenvalue weighted by Crippen LogP contribution is 2.27. The molecule has 1 N–H and O–H groups in total. The fourth-order valence-corrected chi connectivity index (χ4v) is 2.56. The molecular formula is C13H14ClNO3. The van der Waals surface area contributed by atoms with Crippen LogP contribution in [-0.4, -0.2) is 34.5 Å². The summed E-state index contributed by atoms with van der Waals surface area (Å²) in [4.78, 5) is 24.9. The van der Waals surface area contributed by atoms with E-state index >= 15 is 0 Å². The molecule has 5 heteroatoms. The van der Waals surface area contributed by atoms with Crippen LogP contribution in [0.3, 0.4) is 0 Å². The molecule has 1 aliphatic heterocycles. The van der Waals surface area contributed by atoms with E-state index in [1.54, 1.807) is 36.1 Å². The summed E-state index contributed by atoms with van der Waals surface area (Å²) >= 11 is 5.98. The lowest BCUT2D eigenvalue weighted by molar-refractivity contribution is -0.142. The number of rotatable bonds is 2. The van der Waals surface area contributed by atoms with Gasteiger partial charge in [-0.25, -0.2) is 0 Å². The highest BCUT2D eigenvalue weighted by atomic mass is 35.5. The number of nitrogens with zero attached hydrogens (tertiary/aromatic N) is 1. The van der Waals surface area contributed by atoms with Crippen LogP contribution in [0, 0.1) is 5.92 Å².